The number of carbonyl (C=O) groups is 1. The van der Waals surface area contributed by atoms with E-state index in [1.54, 1.807) is 36.4 Å². The summed E-state index contributed by atoms with van der Waals surface area (Å²) in [6, 6.07) is 9.82. The highest BCUT2D eigenvalue weighted by Gasteiger charge is 2.27. The van der Waals surface area contributed by atoms with Gasteiger partial charge in [-0.15, -0.1) is 10.2 Å². The van der Waals surface area contributed by atoms with E-state index in [-0.39, 0.29) is 16.0 Å². The van der Waals surface area contributed by atoms with E-state index in [1.165, 1.54) is 20.4 Å². The molecule has 0 bridgehead atoms. The van der Waals surface area contributed by atoms with Gasteiger partial charge in [-0.25, -0.2) is 8.42 Å². The average molecular weight is 408 g/mol. The molecule has 0 saturated heterocycles. The number of aromatic nitrogens is 2. The number of hydrogen-bond acceptors (Lipinski definition) is 8. The molecule has 0 radical (unpaired) electrons. The number of carbonyl (C=O) groups excluding carboxylic acids is 1. The zero-order chi connectivity index (χ0) is 19.4. The number of benzene rings is 1. The molecule has 27 heavy (non-hydrogen) atoms. The van der Waals surface area contributed by atoms with E-state index in [9.17, 15) is 13.2 Å². The Morgan fingerprint density at radius 1 is 1.26 bits per heavy atom. The smallest absolute Gasteiger partial charge is 0.272 e. The highest BCUT2D eigenvalue weighted by atomic mass is 32.2. The van der Waals surface area contributed by atoms with Gasteiger partial charge < -0.3 is 9.15 Å². The van der Waals surface area contributed by atoms with Crippen molar-refractivity contribution in [3.05, 3.63) is 54.0 Å². The first-order valence-corrected chi connectivity index (χ1v) is 9.93. The molecule has 0 spiro atoms. The normalized spacial score (nSPS) is 11.5. The van der Waals surface area contributed by atoms with Gasteiger partial charge in [0, 0.05) is 12.6 Å². The lowest BCUT2D eigenvalue weighted by Crippen LogP contribution is -2.26. The number of sulfonamides is 1. The molecule has 0 aliphatic heterocycles. The summed E-state index contributed by atoms with van der Waals surface area (Å²) in [5.74, 6) is 0.691. The van der Waals surface area contributed by atoms with Crippen molar-refractivity contribution in [3.63, 3.8) is 0 Å². The van der Waals surface area contributed by atoms with Crippen LogP contribution in [0.5, 0.6) is 5.75 Å². The molecule has 0 aliphatic carbocycles. The predicted molar refractivity (Wildman–Crippen MR) is 98.2 cm³/mol. The van der Waals surface area contributed by atoms with Gasteiger partial charge >= 0.3 is 0 Å². The van der Waals surface area contributed by atoms with Crippen LogP contribution in [0, 0.1) is 0 Å². The molecule has 1 N–H and O–H groups in total. The summed E-state index contributed by atoms with van der Waals surface area (Å²) in [5.41, 5.74) is 0.380. The fourth-order valence-electron chi connectivity index (χ4n) is 2.12. The summed E-state index contributed by atoms with van der Waals surface area (Å²) >= 11 is 0.772. The zero-order valence-electron chi connectivity index (χ0n) is 14.4. The molecule has 1 aromatic carbocycles. The number of ether oxygens (including phenoxy) is 1. The Morgan fingerprint density at radius 3 is 2.63 bits per heavy atom. The first-order valence-electron chi connectivity index (χ1n) is 7.68. The Morgan fingerprint density at radius 2 is 2.00 bits per heavy atom. The largest absolute Gasteiger partial charge is 0.497 e. The van der Waals surface area contributed by atoms with Crippen LogP contribution in [0.1, 0.15) is 16.1 Å². The van der Waals surface area contributed by atoms with Crippen molar-refractivity contribution in [1.82, 2.24) is 14.5 Å². The molecule has 2 aromatic heterocycles. The fourth-order valence-corrected chi connectivity index (χ4v) is 4.34. The quantitative estimate of drug-likeness (QED) is 0.596. The molecule has 2 heterocycles. The van der Waals surface area contributed by atoms with Crippen molar-refractivity contribution in [2.45, 2.75) is 10.9 Å². The topological polar surface area (TPSA) is 115 Å². The second kappa shape index (κ2) is 7.86. The highest BCUT2D eigenvalue weighted by Crippen LogP contribution is 2.24. The first-order chi connectivity index (χ1) is 12.9. The van der Waals surface area contributed by atoms with E-state index in [2.05, 4.69) is 15.5 Å². The number of rotatable bonds is 7. The molecular formula is C16H16N4O5S2. The monoisotopic (exact) mass is 408 g/mol. The summed E-state index contributed by atoms with van der Waals surface area (Å²) in [6.07, 6.45) is 1.47. The van der Waals surface area contributed by atoms with Gasteiger partial charge in [0.2, 0.25) is 9.47 Å². The molecule has 11 heteroatoms. The van der Waals surface area contributed by atoms with E-state index in [4.69, 9.17) is 9.15 Å². The summed E-state index contributed by atoms with van der Waals surface area (Å²) in [7, 11) is -0.913. The van der Waals surface area contributed by atoms with Crippen molar-refractivity contribution in [1.29, 1.82) is 0 Å². The molecule has 3 aromatic rings. The number of anilines is 1. The zero-order valence-corrected chi connectivity index (χ0v) is 16.1. The van der Waals surface area contributed by atoms with Gasteiger partial charge in [0.15, 0.2) is 0 Å². The fraction of sp³-hybridized carbons (Fsp3) is 0.188. The van der Waals surface area contributed by atoms with Gasteiger partial charge in [0.1, 0.15) is 11.5 Å². The Balaban J connectivity index is 1.70. The van der Waals surface area contributed by atoms with Gasteiger partial charge in [-0.3, -0.25) is 10.1 Å². The summed E-state index contributed by atoms with van der Waals surface area (Å²) in [4.78, 5) is 12.2. The van der Waals surface area contributed by atoms with Gasteiger partial charge in [0.05, 0.1) is 19.9 Å². The SMILES string of the molecule is COc1ccc(C(=O)Nc2nnc(S(=O)(=O)N(C)Cc3ccco3)s2)cc1. The minimum absolute atomic E-state index is 0.0580. The Hall–Kier alpha value is -2.76. The Labute approximate surface area is 159 Å². The highest BCUT2D eigenvalue weighted by molar-refractivity contribution is 7.91. The second-order valence-corrected chi connectivity index (χ2v) is 8.59. The van der Waals surface area contributed by atoms with Crippen LogP contribution in [-0.4, -0.2) is 43.0 Å². The van der Waals surface area contributed by atoms with Crippen molar-refractivity contribution in [2.24, 2.45) is 0 Å². The lowest BCUT2D eigenvalue weighted by molar-refractivity contribution is 0.102. The van der Waals surface area contributed by atoms with Crippen LogP contribution < -0.4 is 10.1 Å². The second-order valence-electron chi connectivity index (χ2n) is 5.40. The van der Waals surface area contributed by atoms with Crippen molar-refractivity contribution in [2.75, 3.05) is 19.5 Å². The van der Waals surface area contributed by atoms with Crippen molar-refractivity contribution >= 4 is 32.4 Å². The molecule has 0 unspecified atom stereocenters. The standard InChI is InChI=1S/C16H16N4O5S2/c1-20(10-13-4-3-9-25-13)27(22,23)16-19-18-15(26-16)17-14(21)11-5-7-12(24-2)8-6-11/h3-9H,10H2,1-2H3,(H,17,18,21). The van der Waals surface area contributed by atoms with Crippen LogP contribution in [-0.2, 0) is 16.6 Å². The maximum absolute atomic E-state index is 12.6. The van der Waals surface area contributed by atoms with Crippen molar-refractivity contribution < 1.29 is 22.4 Å². The summed E-state index contributed by atoms with van der Waals surface area (Å²) < 4.78 is 36.2. The minimum atomic E-state index is -3.85. The van der Waals surface area contributed by atoms with Crippen LogP contribution in [0.2, 0.25) is 0 Å². The molecule has 0 aliphatic rings. The van der Waals surface area contributed by atoms with E-state index in [1.807, 2.05) is 0 Å². The number of amides is 1. The van der Waals surface area contributed by atoms with Crippen LogP contribution in [0.3, 0.4) is 0 Å². The van der Waals surface area contributed by atoms with Gasteiger partial charge in [-0.1, -0.05) is 11.3 Å². The molecule has 0 atom stereocenters. The lowest BCUT2D eigenvalue weighted by Gasteiger charge is -2.12. The van der Waals surface area contributed by atoms with Crippen LogP contribution in [0.25, 0.3) is 0 Å². The molecule has 0 saturated carbocycles. The number of nitrogens with one attached hydrogen (secondary N) is 1. The number of methoxy groups -OCH3 is 1. The molecule has 142 valence electrons. The number of furan rings is 1. The molecule has 9 nitrogen and oxygen atoms in total. The van der Waals surface area contributed by atoms with Gasteiger partial charge in [-0.05, 0) is 36.4 Å². The first kappa shape index (κ1) is 19.0. The van der Waals surface area contributed by atoms with Crippen LogP contribution in [0.4, 0.5) is 5.13 Å². The predicted octanol–water partition coefficient (Wildman–Crippen LogP) is 2.21. The minimum Gasteiger partial charge on any atom is -0.497 e. The molecule has 1 amide bonds. The molecular weight excluding hydrogens is 392 g/mol. The Kier molecular flexibility index (Phi) is 5.54. The van der Waals surface area contributed by atoms with Crippen LogP contribution >= 0.6 is 11.3 Å². The van der Waals surface area contributed by atoms with E-state index < -0.39 is 15.9 Å². The maximum Gasteiger partial charge on any atom is 0.272 e. The molecule has 0 fully saturated rings. The van der Waals surface area contributed by atoms with Gasteiger partial charge in [-0.2, -0.15) is 4.31 Å². The third-order valence-corrected chi connectivity index (χ3v) is 6.56. The van der Waals surface area contributed by atoms with E-state index in [0.717, 1.165) is 15.6 Å². The van der Waals surface area contributed by atoms with Gasteiger partial charge in [0.25, 0.3) is 15.9 Å². The average Bonchev–Trinajstić information content (AvgIpc) is 3.34. The number of hydrogen-bond donors (Lipinski definition) is 1. The van der Waals surface area contributed by atoms with Crippen LogP contribution in [0.15, 0.2) is 51.4 Å². The molecule has 3 rings (SSSR count). The third kappa shape index (κ3) is 4.32. The van der Waals surface area contributed by atoms with E-state index in [0.29, 0.717) is 17.1 Å². The Bertz CT molecular complexity index is 1010. The van der Waals surface area contributed by atoms with Crippen molar-refractivity contribution in [3.8, 4) is 5.75 Å². The summed E-state index contributed by atoms with van der Waals surface area (Å²) in [5, 5.41) is 10.1. The van der Waals surface area contributed by atoms with E-state index >= 15 is 0 Å². The summed E-state index contributed by atoms with van der Waals surface area (Å²) in [6.45, 7) is 0.0580. The number of nitrogens with zero attached hydrogens (tertiary/aromatic N) is 3. The third-order valence-electron chi connectivity index (χ3n) is 3.57. The maximum atomic E-state index is 12.6. The lowest BCUT2D eigenvalue weighted by atomic mass is 10.2.